The van der Waals surface area contributed by atoms with E-state index in [9.17, 15) is 4.39 Å². The summed E-state index contributed by atoms with van der Waals surface area (Å²) in [4.78, 5) is 1.23. The molecule has 1 unspecified atom stereocenters. The Balaban J connectivity index is 2.19. The summed E-state index contributed by atoms with van der Waals surface area (Å²) in [7, 11) is 1.91. The van der Waals surface area contributed by atoms with Crippen LogP contribution in [-0.4, -0.2) is 13.3 Å². The smallest absolute Gasteiger partial charge is 0.127 e. The van der Waals surface area contributed by atoms with E-state index in [2.05, 4.69) is 51.8 Å². The predicted octanol–water partition coefficient (Wildman–Crippen LogP) is 4.81. The highest BCUT2D eigenvalue weighted by Crippen LogP contribution is 2.24. The fraction of sp³-hybridized carbons (Fsp3) is 0.250. The van der Waals surface area contributed by atoms with Crippen LogP contribution in [0.1, 0.15) is 17.2 Å². The van der Waals surface area contributed by atoms with Gasteiger partial charge in [-0.25, -0.2) is 4.39 Å². The van der Waals surface area contributed by atoms with Crippen molar-refractivity contribution in [1.29, 1.82) is 0 Å². The van der Waals surface area contributed by atoms with Gasteiger partial charge in [0.05, 0.1) is 0 Å². The Hall–Kier alpha value is -0.840. The number of thioether (sulfide) groups is 1. The van der Waals surface area contributed by atoms with Gasteiger partial charge >= 0.3 is 0 Å². The molecule has 0 saturated heterocycles. The monoisotopic (exact) mass is 353 g/mol. The Morgan fingerprint density at radius 1 is 1.20 bits per heavy atom. The molecule has 4 heteroatoms. The number of rotatable bonds is 5. The summed E-state index contributed by atoms with van der Waals surface area (Å²) < 4.78 is 14.7. The third-order valence-corrected chi connectivity index (χ3v) is 4.54. The van der Waals surface area contributed by atoms with Gasteiger partial charge in [0.15, 0.2) is 0 Å². The molecule has 20 heavy (non-hydrogen) atoms. The molecule has 0 spiro atoms. The van der Waals surface area contributed by atoms with Crippen LogP contribution in [0, 0.1) is 5.82 Å². The van der Waals surface area contributed by atoms with Gasteiger partial charge in [-0.1, -0.05) is 34.1 Å². The Morgan fingerprint density at radius 3 is 2.45 bits per heavy atom. The molecule has 1 N–H and O–H groups in total. The van der Waals surface area contributed by atoms with E-state index in [0.717, 1.165) is 10.0 Å². The first-order valence-corrected chi connectivity index (χ1v) is 8.41. The normalized spacial score (nSPS) is 12.4. The first kappa shape index (κ1) is 15.5. The topological polar surface area (TPSA) is 12.0 Å². The van der Waals surface area contributed by atoms with Gasteiger partial charge in [-0.3, -0.25) is 0 Å². The van der Waals surface area contributed by atoms with Crippen molar-refractivity contribution < 1.29 is 4.39 Å². The molecule has 2 rings (SSSR count). The fourth-order valence-corrected chi connectivity index (χ4v) is 2.87. The molecule has 1 atom stereocenters. The molecule has 2 aromatic carbocycles. The Labute approximate surface area is 132 Å². The van der Waals surface area contributed by atoms with Crippen molar-refractivity contribution in [2.24, 2.45) is 0 Å². The predicted molar refractivity (Wildman–Crippen MR) is 87.8 cm³/mol. The van der Waals surface area contributed by atoms with Crippen LogP contribution in [-0.2, 0) is 6.42 Å². The first-order valence-electron chi connectivity index (χ1n) is 6.39. The second-order valence-corrected chi connectivity index (χ2v) is 6.35. The summed E-state index contributed by atoms with van der Waals surface area (Å²) in [5.74, 6) is -0.166. The second-order valence-electron chi connectivity index (χ2n) is 4.55. The number of benzene rings is 2. The molecule has 0 amide bonds. The maximum absolute atomic E-state index is 13.9. The van der Waals surface area contributed by atoms with E-state index < -0.39 is 0 Å². The van der Waals surface area contributed by atoms with Gasteiger partial charge < -0.3 is 5.32 Å². The maximum atomic E-state index is 13.9. The minimum atomic E-state index is -0.166. The lowest BCUT2D eigenvalue weighted by Gasteiger charge is -2.17. The Bertz CT molecular complexity index is 571. The molecule has 0 aliphatic carbocycles. The van der Waals surface area contributed by atoms with Gasteiger partial charge in [0.2, 0.25) is 0 Å². The highest BCUT2D eigenvalue weighted by molar-refractivity contribution is 9.10. The zero-order chi connectivity index (χ0) is 14.5. The Morgan fingerprint density at radius 2 is 1.90 bits per heavy atom. The minimum Gasteiger partial charge on any atom is -0.313 e. The summed E-state index contributed by atoms with van der Waals surface area (Å²) in [5, 5.41) is 3.26. The summed E-state index contributed by atoms with van der Waals surface area (Å²) in [6.45, 7) is 0. The van der Waals surface area contributed by atoms with Crippen LogP contribution < -0.4 is 5.32 Å². The fourth-order valence-electron chi connectivity index (χ4n) is 2.13. The highest BCUT2D eigenvalue weighted by Gasteiger charge is 2.13. The second kappa shape index (κ2) is 7.25. The van der Waals surface area contributed by atoms with Crippen LogP contribution in [0.2, 0.25) is 0 Å². The molecule has 1 nitrogen and oxygen atoms in total. The van der Waals surface area contributed by atoms with Crippen LogP contribution in [0.3, 0.4) is 0 Å². The summed E-state index contributed by atoms with van der Waals surface area (Å²) in [6.07, 6.45) is 2.69. The van der Waals surface area contributed by atoms with Gasteiger partial charge in [0, 0.05) is 15.4 Å². The van der Waals surface area contributed by atoms with Crippen molar-refractivity contribution in [3.05, 3.63) is 63.9 Å². The lowest BCUT2D eigenvalue weighted by atomic mass is 9.99. The minimum absolute atomic E-state index is 0.113. The van der Waals surface area contributed by atoms with Crippen molar-refractivity contribution in [2.45, 2.75) is 17.4 Å². The summed E-state index contributed by atoms with van der Waals surface area (Å²) in [6, 6.07) is 13.7. The van der Waals surface area contributed by atoms with Crippen LogP contribution in [0.15, 0.2) is 51.8 Å². The molecule has 0 heterocycles. The average molecular weight is 354 g/mol. The molecule has 0 aliphatic rings. The van der Waals surface area contributed by atoms with E-state index in [0.29, 0.717) is 6.42 Å². The highest BCUT2D eigenvalue weighted by atomic mass is 79.9. The van der Waals surface area contributed by atoms with Crippen molar-refractivity contribution in [3.8, 4) is 0 Å². The molecule has 2 aromatic rings. The van der Waals surface area contributed by atoms with E-state index in [-0.39, 0.29) is 11.9 Å². The molecule has 106 valence electrons. The van der Waals surface area contributed by atoms with Crippen LogP contribution in [0.25, 0.3) is 0 Å². The average Bonchev–Trinajstić information content (AvgIpc) is 2.47. The van der Waals surface area contributed by atoms with Crippen molar-refractivity contribution >= 4 is 27.7 Å². The standard InChI is InChI=1S/C16H17BrFNS/c1-19-16(11-4-7-14(20-2)8-5-11)9-12-3-6-13(17)10-15(12)18/h3-8,10,16,19H,9H2,1-2H3. The molecule has 0 aliphatic heterocycles. The zero-order valence-corrected chi connectivity index (χ0v) is 13.9. The number of nitrogens with one attached hydrogen (secondary N) is 1. The largest absolute Gasteiger partial charge is 0.313 e. The van der Waals surface area contributed by atoms with Gasteiger partial charge in [0.1, 0.15) is 5.82 Å². The van der Waals surface area contributed by atoms with Gasteiger partial charge in [-0.15, -0.1) is 11.8 Å². The van der Waals surface area contributed by atoms with E-state index in [4.69, 9.17) is 0 Å². The van der Waals surface area contributed by atoms with Gasteiger partial charge in [0.25, 0.3) is 0 Å². The molecule has 0 saturated carbocycles. The van der Waals surface area contributed by atoms with Crippen molar-refractivity contribution in [1.82, 2.24) is 5.32 Å². The first-order chi connectivity index (χ1) is 9.63. The number of hydrogen-bond acceptors (Lipinski definition) is 2. The lowest BCUT2D eigenvalue weighted by Crippen LogP contribution is -2.19. The van der Waals surface area contributed by atoms with Crippen LogP contribution in [0.5, 0.6) is 0 Å². The molecule has 0 bridgehead atoms. The van der Waals surface area contributed by atoms with Crippen molar-refractivity contribution in [2.75, 3.05) is 13.3 Å². The van der Waals surface area contributed by atoms with Gasteiger partial charge in [-0.05, 0) is 55.1 Å². The maximum Gasteiger partial charge on any atom is 0.127 e. The van der Waals surface area contributed by atoms with Crippen molar-refractivity contribution in [3.63, 3.8) is 0 Å². The molecular formula is C16H17BrFNS. The number of halogens is 2. The third kappa shape index (κ3) is 3.84. The third-order valence-electron chi connectivity index (χ3n) is 3.31. The van der Waals surface area contributed by atoms with Crippen LogP contribution >= 0.6 is 27.7 Å². The van der Waals surface area contributed by atoms with Gasteiger partial charge in [-0.2, -0.15) is 0 Å². The van der Waals surface area contributed by atoms with Crippen LogP contribution in [0.4, 0.5) is 4.39 Å². The molecule has 0 fully saturated rings. The number of likely N-dealkylation sites (N-methyl/N-ethyl adjacent to an activating group) is 1. The summed E-state index contributed by atoms with van der Waals surface area (Å²) in [5.41, 5.74) is 1.90. The molecule has 0 radical (unpaired) electrons. The zero-order valence-electron chi connectivity index (χ0n) is 11.5. The van der Waals surface area contributed by atoms with E-state index in [1.807, 2.05) is 19.2 Å². The molecule has 0 aromatic heterocycles. The van der Waals surface area contributed by atoms with E-state index >= 15 is 0 Å². The SMILES string of the molecule is CNC(Cc1ccc(Br)cc1F)c1ccc(SC)cc1. The Kier molecular flexibility index (Phi) is 5.64. The lowest BCUT2D eigenvalue weighted by molar-refractivity contribution is 0.554. The molecular weight excluding hydrogens is 337 g/mol. The number of hydrogen-bond donors (Lipinski definition) is 1. The summed E-state index contributed by atoms with van der Waals surface area (Å²) >= 11 is 5.00. The van der Waals surface area contributed by atoms with E-state index in [1.54, 1.807) is 11.8 Å². The quantitative estimate of drug-likeness (QED) is 0.773. The van der Waals surface area contributed by atoms with E-state index in [1.165, 1.54) is 16.5 Å².